The number of hydrogen-bond donors (Lipinski definition) is 1. The van der Waals surface area contributed by atoms with Gasteiger partial charge in [0.25, 0.3) is 0 Å². The first kappa shape index (κ1) is 14.1. The summed E-state index contributed by atoms with van der Waals surface area (Å²) in [4.78, 5) is 2.43. The largest absolute Gasteiger partial charge is 0.492 e. The van der Waals surface area contributed by atoms with Gasteiger partial charge >= 0.3 is 0 Å². The molecule has 0 fully saturated rings. The number of fused-ring (bicyclic) bond motifs is 1. The van der Waals surface area contributed by atoms with Crippen LogP contribution in [0.3, 0.4) is 0 Å². The number of rotatable bonds is 6. The molecule has 1 N–H and O–H groups in total. The van der Waals surface area contributed by atoms with Gasteiger partial charge in [0.05, 0.1) is 0 Å². The molecule has 3 nitrogen and oxygen atoms in total. The highest BCUT2D eigenvalue weighted by Crippen LogP contribution is 2.21. The van der Waals surface area contributed by atoms with Crippen molar-refractivity contribution in [3.63, 3.8) is 0 Å². The van der Waals surface area contributed by atoms with Crippen molar-refractivity contribution in [1.82, 2.24) is 10.2 Å². The molecule has 0 radical (unpaired) electrons. The van der Waals surface area contributed by atoms with Crippen LogP contribution in [0.1, 0.15) is 16.7 Å². The first-order valence-corrected chi connectivity index (χ1v) is 7.50. The highest BCUT2D eigenvalue weighted by molar-refractivity contribution is 5.30. The first-order valence-electron chi connectivity index (χ1n) is 7.50. The van der Waals surface area contributed by atoms with Crippen LogP contribution in [0.15, 0.2) is 48.5 Å². The zero-order chi connectivity index (χ0) is 14.5. The fraction of sp³-hybridized carbons (Fsp3) is 0.333. The van der Waals surface area contributed by atoms with Gasteiger partial charge < -0.3 is 10.1 Å². The molecule has 0 bridgehead atoms. The highest BCUT2D eigenvalue weighted by Gasteiger charge is 2.17. The molecule has 1 aliphatic heterocycles. The van der Waals surface area contributed by atoms with E-state index in [1.807, 2.05) is 19.2 Å². The van der Waals surface area contributed by atoms with Gasteiger partial charge in [0.1, 0.15) is 12.4 Å². The van der Waals surface area contributed by atoms with E-state index in [0.29, 0.717) is 0 Å². The number of ether oxygens (including phenoxy) is 1. The quantitative estimate of drug-likeness (QED) is 0.881. The Kier molecular flexibility index (Phi) is 4.53. The number of nitrogens with one attached hydrogen (secondary N) is 1. The van der Waals surface area contributed by atoms with Crippen molar-refractivity contribution >= 4 is 0 Å². The Labute approximate surface area is 126 Å². The van der Waals surface area contributed by atoms with E-state index < -0.39 is 0 Å². The predicted molar refractivity (Wildman–Crippen MR) is 85.3 cm³/mol. The van der Waals surface area contributed by atoms with Crippen molar-refractivity contribution in [1.29, 1.82) is 0 Å². The zero-order valence-electron chi connectivity index (χ0n) is 12.5. The molecule has 0 atom stereocenters. The molecule has 3 rings (SSSR count). The summed E-state index contributed by atoms with van der Waals surface area (Å²) in [6.07, 6.45) is 0. The van der Waals surface area contributed by atoms with E-state index in [4.69, 9.17) is 4.74 Å². The third-order valence-corrected chi connectivity index (χ3v) is 3.89. The SMILES string of the molecule is CNCc1ccc(OCCN2Cc3ccccc3C2)cc1. The lowest BCUT2D eigenvalue weighted by Crippen LogP contribution is -2.22. The van der Waals surface area contributed by atoms with E-state index in [2.05, 4.69) is 46.6 Å². The summed E-state index contributed by atoms with van der Waals surface area (Å²) in [6.45, 7) is 4.68. The number of nitrogens with zero attached hydrogens (tertiary/aromatic N) is 1. The molecule has 0 saturated heterocycles. The summed E-state index contributed by atoms with van der Waals surface area (Å²) in [6, 6.07) is 17.0. The van der Waals surface area contributed by atoms with E-state index in [1.165, 1.54) is 16.7 Å². The second-order valence-corrected chi connectivity index (χ2v) is 5.50. The van der Waals surface area contributed by atoms with Gasteiger partial charge in [-0.1, -0.05) is 36.4 Å². The minimum atomic E-state index is 0.735. The Bertz CT molecular complexity index is 555. The van der Waals surface area contributed by atoms with Crippen LogP contribution < -0.4 is 10.1 Å². The van der Waals surface area contributed by atoms with Crippen molar-refractivity contribution in [2.75, 3.05) is 20.2 Å². The molecule has 1 aliphatic rings. The standard InChI is InChI=1S/C18H22N2O/c1-19-12-15-6-8-18(9-7-15)21-11-10-20-13-16-4-2-3-5-17(16)14-20/h2-9,19H,10-14H2,1H3. The molecule has 0 saturated carbocycles. The molecule has 0 aromatic heterocycles. The maximum atomic E-state index is 5.84. The molecule has 0 aliphatic carbocycles. The van der Waals surface area contributed by atoms with Crippen LogP contribution in [0.5, 0.6) is 5.75 Å². The smallest absolute Gasteiger partial charge is 0.119 e. The summed E-state index contributed by atoms with van der Waals surface area (Å²) in [5.74, 6) is 0.951. The Hall–Kier alpha value is -1.84. The first-order chi connectivity index (χ1) is 10.3. The number of hydrogen-bond acceptors (Lipinski definition) is 3. The van der Waals surface area contributed by atoms with E-state index in [0.717, 1.165) is 38.5 Å². The van der Waals surface area contributed by atoms with Gasteiger partial charge in [-0.15, -0.1) is 0 Å². The predicted octanol–water partition coefficient (Wildman–Crippen LogP) is 2.80. The van der Waals surface area contributed by atoms with Crippen LogP contribution in [0.4, 0.5) is 0 Å². The lowest BCUT2D eigenvalue weighted by atomic mass is 10.1. The minimum absolute atomic E-state index is 0.735. The molecule has 2 aromatic rings. The topological polar surface area (TPSA) is 24.5 Å². The van der Waals surface area contributed by atoms with Crippen LogP contribution in [-0.4, -0.2) is 25.1 Å². The molecule has 3 heteroatoms. The maximum Gasteiger partial charge on any atom is 0.119 e. The average Bonchev–Trinajstić information content (AvgIpc) is 2.92. The fourth-order valence-corrected chi connectivity index (χ4v) is 2.76. The number of benzene rings is 2. The summed E-state index contributed by atoms with van der Waals surface area (Å²) < 4.78 is 5.84. The van der Waals surface area contributed by atoms with Crippen LogP contribution in [0, 0.1) is 0 Å². The Morgan fingerprint density at radius 3 is 2.29 bits per heavy atom. The van der Waals surface area contributed by atoms with Gasteiger partial charge in [0, 0.05) is 26.2 Å². The molecule has 2 aromatic carbocycles. The fourth-order valence-electron chi connectivity index (χ4n) is 2.76. The second kappa shape index (κ2) is 6.74. The van der Waals surface area contributed by atoms with E-state index >= 15 is 0 Å². The highest BCUT2D eigenvalue weighted by atomic mass is 16.5. The van der Waals surface area contributed by atoms with Gasteiger partial charge in [-0.25, -0.2) is 0 Å². The van der Waals surface area contributed by atoms with Crippen molar-refractivity contribution in [2.24, 2.45) is 0 Å². The molecule has 0 amide bonds. The third-order valence-electron chi connectivity index (χ3n) is 3.89. The lowest BCUT2D eigenvalue weighted by Gasteiger charge is -2.15. The third kappa shape index (κ3) is 3.63. The van der Waals surface area contributed by atoms with E-state index in [9.17, 15) is 0 Å². The van der Waals surface area contributed by atoms with Gasteiger partial charge in [-0.2, -0.15) is 0 Å². The van der Waals surface area contributed by atoms with Gasteiger partial charge in [-0.3, -0.25) is 4.90 Å². The zero-order valence-corrected chi connectivity index (χ0v) is 12.5. The molecular weight excluding hydrogens is 260 g/mol. The molecule has 0 spiro atoms. The lowest BCUT2D eigenvalue weighted by molar-refractivity contribution is 0.211. The van der Waals surface area contributed by atoms with E-state index in [1.54, 1.807) is 0 Å². The van der Waals surface area contributed by atoms with Gasteiger partial charge in [0.15, 0.2) is 0 Å². The van der Waals surface area contributed by atoms with Crippen LogP contribution >= 0.6 is 0 Å². The van der Waals surface area contributed by atoms with Gasteiger partial charge in [-0.05, 0) is 35.9 Å². The second-order valence-electron chi connectivity index (χ2n) is 5.50. The molecule has 21 heavy (non-hydrogen) atoms. The Morgan fingerprint density at radius 2 is 1.67 bits per heavy atom. The summed E-state index contributed by atoms with van der Waals surface area (Å²) >= 11 is 0. The maximum absolute atomic E-state index is 5.84. The summed E-state index contributed by atoms with van der Waals surface area (Å²) in [5.41, 5.74) is 4.18. The summed E-state index contributed by atoms with van der Waals surface area (Å²) in [7, 11) is 1.96. The van der Waals surface area contributed by atoms with Crippen LogP contribution in [-0.2, 0) is 19.6 Å². The Morgan fingerprint density at radius 1 is 1.00 bits per heavy atom. The molecule has 110 valence electrons. The van der Waals surface area contributed by atoms with E-state index in [-0.39, 0.29) is 0 Å². The minimum Gasteiger partial charge on any atom is -0.492 e. The molecular formula is C18H22N2O. The molecule has 0 unspecified atom stereocenters. The van der Waals surface area contributed by atoms with Crippen LogP contribution in [0.25, 0.3) is 0 Å². The Balaban J connectivity index is 1.45. The van der Waals surface area contributed by atoms with Crippen molar-refractivity contribution in [3.05, 3.63) is 65.2 Å². The van der Waals surface area contributed by atoms with Crippen LogP contribution in [0.2, 0.25) is 0 Å². The van der Waals surface area contributed by atoms with Crippen molar-refractivity contribution in [3.8, 4) is 5.75 Å². The molecule has 1 heterocycles. The van der Waals surface area contributed by atoms with Crippen molar-refractivity contribution < 1.29 is 4.74 Å². The average molecular weight is 282 g/mol. The monoisotopic (exact) mass is 282 g/mol. The van der Waals surface area contributed by atoms with Crippen molar-refractivity contribution in [2.45, 2.75) is 19.6 Å². The van der Waals surface area contributed by atoms with Gasteiger partial charge in [0.2, 0.25) is 0 Å². The summed E-state index contributed by atoms with van der Waals surface area (Å²) in [5, 5.41) is 3.14. The normalized spacial score (nSPS) is 14.1.